The van der Waals surface area contributed by atoms with Gasteiger partial charge in [0.25, 0.3) is 0 Å². The molecule has 0 spiro atoms. The van der Waals surface area contributed by atoms with E-state index >= 15 is 0 Å². The van der Waals surface area contributed by atoms with E-state index in [1.165, 1.54) is 0 Å². The van der Waals surface area contributed by atoms with E-state index in [4.69, 9.17) is 5.11 Å². The van der Waals surface area contributed by atoms with Gasteiger partial charge in [0, 0.05) is 6.04 Å². The molecule has 0 amide bonds. The van der Waals surface area contributed by atoms with Crippen molar-refractivity contribution in [2.24, 2.45) is 0 Å². The zero-order chi connectivity index (χ0) is 15.6. The van der Waals surface area contributed by atoms with Crippen LogP contribution >= 0.6 is 0 Å². The molecular formula is C14H15F4NO2. The predicted octanol–water partition coefficient (Wildman–Crippen LogP) is 3.46. The average Bonchev–Trinajstić information content (AvgIpc) is 2.88. The standard InChI is InChI=1S/C14H15F4NO2/c15-9-3-4-10(11(7-9)14(16,17)18)12(8-13(20)21)19-5-1-2-6-19/h3-4,7,12H,1-2,5-6,8H2,(H,20,21). The molecule has 21 heavy (non-hydrogen) atoms. The summed E-state index contributed by atoms with van der Waals surface area (Å²) >= 11 is 0. The molecule has 1 aromatic rings. The molecule has 1 heterocycles. The molecule has 0 aliphatic carbocycles. The number of halogens is 4. The van der Waals surface area contributed by atoms with Crippen LogP contribution in [0.5, 0.6) is 0 Å². The van der Waals surface area contributed by atoms with Gasteiger partial charge in [-0.3, -0.25) is 9.69 Å². The largest absolute Gasteiger partial charge is 0.481 e. The van der Waals surface area contributed by atoms with E-state index in [0.29, 0.717) is 19.2 Å². The van der Waals surface area contributed by atoms with Crippen LogP contribution in [0.25, 0.3) is 0 Å². The lowest BCUT2D eigenvalue weighted by atomic mass is 9.96. The third kappa shape index (κ3) is 3.72. The van der Waals surface area contributed by atoms with Crippen LogP contribution in [-0.2, 0) is 11.0 Å². The van der Waals surface area contributed by atoms with Crippen LogP contribution in [0.2, 0.25) is 0 Å². The smallest absolute Gasteiger partial charge is 0.416 e. The Morgan fingerprint density at radius 2 is 1.90 bits per heavy atom. The van der Waals surface area contributed by atoms with Crippen LogP contribution in [-0.4, -0.2) is 29.1 Å². The third-order valence-electron chi connectivity index (χ3n) is 3.63. The summed E-state index contributed by atoms with van der Waals surface area (Å²) in [6.07, 6.45) is -3.51. The minimum atomic E-state index is -4.71. The van der Waals surface area contributed by atoms with Crippen molar-refractivity contribution in [1.82, 2.24) is 4.90 Å². The quantitative estimate of drug-likeness (QED) is 0.866. The summed E-state index contributed by atoms with van der Waals surface area (Å²) in [5, 5.41) is 8.97. The van der Waals surface area contributed by atoms with Gasteiger partial charge in [-0.05, 0) is 43.6 Å². The number of hydrogen-bond donors (Lipinski definition) is 1. The Morgan fingerprint density at radius 3 is 2.43 bits per heavy atom. The average molecular weight is 305 g/mol. The Morgan fingerprint density at radius 1 is 1.29 bits per heavy atom. The molecule has 2 rings (SSSR count). The predicted molar refractivity (Wildman–Crippen MR) is 67.2 cm³/mol. The summed E-state index contributed by atoms with van der Waals surface area (Å²) in [6, 6.07) is 1.53. The molecule has 1 unspecified atom stereocenters. The molecule has 116 valence electrons. The molecule has 7 heteroatoms. The molecule has 1 N–H and O–H groups in total. The number of rotatable bonds is 4. The van der Waals surface area contributed by atoms with Crippen LogP contribution in [0.1, 0.15) is 36.4 Å². The molecule has 3 nitrogen and oxygen atoms in total. The highest BCUT2D eigenvalue weighted by molar-refractivity contribution is 5.68. The zero-order valence-corrected chi connectivity index (χ0v) is 11.2. The van der Waals surface area contributed by atoms with E-state index in [2.05, 4.69) is 0 Å². The fourth-order valence-corrected chi connectivity index (χ4v) is 2.72. The van der Waals surface area contributed by atoms with Crippen molar-refractivity contribution >= 4 is 5.97 Å². The van der Waals surface area contributed by atoms with Crippen molar-refractivity contribution in [1.29, 1.82) is 0 Å². The summed E-state index contributed by atoms with van der Waals surface area (Å²) in [5.41, 5.74) is -1.27. The van der Waals surface area contributed by atoms with Crippen LogP contribution in [0.4, 0.5) is 17.6 Å². The third-order valence-corrected chi connectivity index (χ3v) is 3.63. The topological polar surface area (TPSA) is 40.5 Å². The van der Waals surface area contributed by atoms with E-state index < -0.39 is 36.0 Å². The first-order valence-electron chi connectivity index (χ1n) is 6.61. The molecule has 0 bridgehead atoms. The Hall–Kier alpha value is -1.63. The minimum absolute atomic E-state index is 0.173. The molecule has 1 atom stereocenters. The van der Waals surface area contributed by atoms with Gasteiger partial charge in [-0.25, -0.2) is 4.39 Å². The number of carboxylic acid groups (broad SMARTS) is 1. The normalized spacial score (nSPS) is 17.9. The van der Waals surface area contributed by atoms with Crippen molar-refractivity contribution in [3.05, 3.63) is 35.1 Å². The molecule has 1 fully saturated rings. The highest BCUT2D eigenvalue weighted by Gasteiger charge is 2.38. The maximum atomic E-state index is 13.2. The molecule has 1 aliphatic rings. The van der Waals surface area contributed by atoms with Gasteiger partial charge in [0.15, 0.2) is 0 Å². The molecular weight excluding hydrogens is 290 g/mol. The molecule has 0 radical (unpaired) electrons. The number of likely N-dealkylation sites (tertiary alicyclic amines) is 1. The second-order valence-corrected chi connectivity index (χ2v) is 5.09. The monoisotopic (exact) mass is 305 g/mol. The van der Waals surface area contributed by atoms with Gasteiger partial charge >= 0.3 is 12.1 Å². The highest BCUT2D eigenvalue weighted by Crippen LogP contribution is 2.39. The molecule has 1 saturated heterocycles. The van der Waals surface area contributed by atoms with Crippen LogP contribution in [0, 0.1) is 5.82 Å². The van der Waals surface area contributed by atoms with Crippen molar-refractivity contribution in [2.75, 3.05) is 13.1 Å². The molecule has 0 saturated carbocycles. The highest BCUT2D eigenvalue weighted by atomic mass is 19.4. The summed E-state index contributed by atoms with van der Waals surface area (Å²) in [7, 11) is 0. The van der Waals surface area contributed by atoms with E-state index in [0.717, 1.165) is 25.0 Å². The Bertz CT molecular complexity index is 524. The van der Waals surface area contributed by atoms with E-state index in [-0.39, 0.29) is 5.56 Å². The van der Waals surface area contributed by atoms with Crippen molar-refractivity contribution in [3.63, 3.8) is 0 Å². The molecule has 0 aromatic heterocycles. The van der Waals surface area contributed by atoms with Gasteiger partial charge in [0.1, 0.15) is 5.82 Å². The second kappa shape index (κ2) is 6.01. The SMILES string of the molecule is O=C(O)CC(c1ccc(F)cc1C(F)(F)F)N1CCCC1. The van der Waals surface area contributed by atoms with Gasteiger partial charge < -0.3 is 5.11 Å². The van der Waals surface area contributed by atoms with Crippen LogP contribution in [0.15, 0.2) is 18.2 Å². The summed E-state index contributed by atoms with van der Waals surface area (Å²) < 4.78 is 52.4. The van der Waals surface area contributed by atoms with Gasteiger partial charge in [-0.15, -0.1) is 0 Å². The maximum Gasteiger partial charge on any atom is 0.416 e. The Kier molecular flexibility index (Phi) is 4.51. The number of hydrogen-bond acceptors (Lipinski definition) is 2. The van der Waals surface area contributed by atoms with Crippen molar-refractivity contribution in [2.45, 2.75) is 31.5 Å². The van der Waals surface area contributed by atoms with Crippen LogP contribution in [0.3, 0.4) is 0 Å². The van der Waals surface area contributed by atoms with Gasteiger partial charge in [0.2, 0.25) is 0 Å². The first-order valence-corrected chi connectivity index (χ1v) is 6.61. The van der Waals surface area contributed by atoms with Gasteiger partial charge in [0.05, 0.1) is 12.0 Å². The number of benzene rings is 1. The lowest BCUT2D eigenvalue weighted by Crippen LogP contribution is -2.29. The number of nitrogens with zero attached hydrogens (tertiary/aromatic N) is 1. The number of carboxylic acids is 1. The fraction of sp³-hybridized carbons (Fsp3) is 0.500. The first-order chi connectivity index (χ1) is 9.79. The number of carbonyl (C=O) groups is 1. The second-order valence-electron chi connectivity index (χ2n) is 5.09. The molecule has 1 aliphatic heterocycles. The minimum Gasteiger partial charge on any atom is -0.481 e. The number of aliphatic carboxylic acids is 1. The fourth-order valence-electron chi connectivity index (χ4n) is 2.72. The molecule has 1 aromatic carbocycles. The van der Waals surface area contributed by atoms with E-state index in [1.807, 2.05) is 0 Å². The van der Waals surface area contributed by atoms with Crippen LogP contribution < -0.4 is 0 Å². The summed E-state index contributed by atoms with van der Waals surface area (Å²) in [5.74, 6) is -2.16. The first kappa shape index (κ1) is 15.8. The lowest BCUT2D eigenvalue weighted by molar-refractivity contribution is -0.142. The lowest BCUT2D eigenvalue weighted by Gasteiger charge is -2.29. The van der Waals surface area contributed by atoms with Crippen molar-refractivity contribution in [3.8, 4) is 0 Å². The maximum absolute atomic E-state index is 13.2. The van der Waals surface area contributed by atoms with E-state index in [9.17, 15) is 22.4 Å². The summed E-state index contributed by atoms with van der Waals surface area (Å²) in [4.78, 5) is 12.7. The Balaban J connectivity index is 2.45. The zero-order valence-electron chi connectivity index (χ0n) is 11.2. The number of alkyl halides is 3. The van der Waals surface area contributed by atoms with E-state index in [1.54, 1.807) is 4.90 Å². The van der Waals surface area contributed by atoms with Gasteiger partial charge in [-0.1, -0.05) is 6.07 Å². The van der Waals surface area contributed by atoms with Gasteiger partial charge in [-0.2, -0.15) is 13.2 Å². The Labute approximate surface area is 119 Å². The summed E-state index contributed by atoms with van der Waals surface area (Å²) in [6.45, 7) is 1.10. The van der Waals surface area contributed by atoms with Crippen molar-refractivity contribution < 1.29 is 27.5 Å².